The van der Waals surface area contributed by atoms with Crippen LogP contribution in [0.1, 0.15) is 50.2 Å². The number of ether oxygens (including phenoxy) is 2. The lowest BCUT2D eigenvalue weighted by Crippen LogP contribution is -2.46. The molecule has 0 saturated heterocycles. The van der Waals surface area contributed by atoms with Crippen LogP contribution in [0.25, 0.3) is 0 Å². The number of rotatable bonds is 10. The van der Waals surface area contributed by atoms with Crippen LogP contribution in [0.5, 0.6) is 11.5 Å². The molecule has 0 aromatic heterocycles. The summed E-state index contributed by atoms with van der Waals surface area (Å²) in [5, 5.41) is 4.02. The molecule has 1 aliphatic carbocycles. The molecule has 0 aliphatic heterocycles. The number of sulfonamides is 1. The normalized spacial score (nSPS) is 14.9. The van der Waals surface area contributed by atoms with Crippen molar-refractivity contribution in [3.8, 4) is 11.5 Å². The second-order valence-corrected chi connectivity index (χ2v) is 10.1. The summed E-state index contributed by atoms with van der Waals surface area (Å²) in [6.45, 7) is 1.77. The molecule has 34 heavy (non-hydrogen) atoms. The minimum atomic E-state index is -3.95. The van der Waals surface area contributed by atoms with E-state index in [9.17, 15) is 13.2 Å². The molecule has 1 N–H and O–H groups in total. The number of nitrogens with one attached hydrogen (secondary N) is 1. The van der Waals surface area contributed by atoms with Crippen LogP contribution in [0, 0.1) is 0 Å². The van der Waals surface area contributed by atoms with Gasteiger partial charge in [-0.3, -0.25) is 4.79 Å². The number of aryl methyl sites for hydroxylation is 1. The Bertz CT molecular complexity index is 1090. The Morgan fingerprint density at radius 1 is 1.06 bits per heavy atom. The van der Waals surface area contributed by atoms with Gasteiger partial charge < -0.3 is 9.47 Å². The Hall–Kier alpha value is -2.91. The fourth-order valence-corrected chi connectivity index (χ4v) is 5.74. The molecule has 2 aromatic carbocycles. The van der Waals surface area contributed by atoms with Crippen molar-refractivity contribution >= 4 is 22.1 Å². The van der Waals surface area contributed by atoms with Crippen LogP contribution in [0.4, 0.5) is 0 Å². The lowest BCUT2D eigenvalue weighted by atomic mass is 9.95. The quantitative estimate of drug-likeness (QED) is 0.407. The van der Waals surface area contributed by atoms with Crippen LogP contribution >= 0.6 is 0 Å². The number of hydrogen-bond acceptors (Lipinski definition) is 6. The van der Waals surface area contributed by atoms with Gasteiger partial charge in [-0.15, -0.1) is 0 Å². The van der Waals surface area contributed by atoms with Gasteiger partial charge in [-0.1, -0.05) is 50.5 Å². The van der Waals surface area contributed by atoms with E-state index in [4.69, 9.17) is 9.47 Å². The fourth-order valence-electron chi connectivity index (χ4n) is 4.09. The van der Waals surface area contributed by atoms with Gasteiger partial charge >= 0.3 is 0 Å². The van der Waals surface area contributed by atoms with E-state index in [0.717, 1.165) is 31.2 Å². The third kappa shape index (κ3) is 6.36. The molecule has 1 fully saturated rings. The smallest absolute Gasteiger partial charge is 0.255 e. The zero-order valence-electron chi connectivity index (χ0n) is 20.0. The lowest BCUT2D eigenvalue weighted by molar-refractivity contribution is -0.121. The van der Waals surface area contributed by atoms with Crippen LogP contribution in [0.2, 0.25) is 0 Å². The number of benzene rings is 2. The molecule has 3 rings (SSSR count). The van der Waals surface area contributed by atoms with E-state index in [-0.39, 0.29) is 17.5 Å². The molecule has 0 spiro atoms. The molecule has 184 valence electrons. The van der Waals surface area contributed by atoms with E-state index >= 15 is 0 Å². The van der Waals surface area contributed by atoms with Crippen LogP contribution in [0.3, 0.4) is 0 Å². The number of nitrogens with zero attached hydrogens (tertiary/aromatic N) is 2. The van der Waals surface area contributed by atoms with Gasteiger partial charge in [0.05, 0.1) is 31.9 Å². The first kappa shape index (κ1) is 25.7. The van der Waals surface area contributed by atoms with Crippen LogP contribution in [0.15, 0.2) is 52.5 Å². The van der Waals surface area contributed by atoms with E-state index in [1.54, 1.807) is 12.3 Å². The predicted molar refractivity (Wildman–Crippen MR) is 132 cm³/mol. The average Bonchev–Trinajstić information content (AvgIpc) is 2.87. The zero-order chi connectivity index (χ0) is 24.6. The number of hydrazone groups is 1. The molecule has 9 heteroatoms. The van der Waals surface area contributed by atoms with Gasteiger partial charge in [0.1, 0.15) is 0 Å². The molecular formula is C25H33N3O5S. The average molecular weight is 488 g/mol. The molecule has 0 heterocycles. The standard InChI is InChI=1S/C25H33N3O5S/c1-4-19-10-12-20(13-11-19)17-26-27-25(29)18-28(21-8-6-5-7-9-21)34(30,31)22-14-15-23(32-2)24(16-22)33-3/h10-17,21H,4-9,18H2,1-3H3,(H,27,29)/b26-17-. The highest BCUT2D eigenvalue weighted by atomic mass is 32.2. The summed E-state index contributed by atoms with van der Waals surface area (Å²) in [5.74, 6) is 0.260. The van der Waals surface area contributed by atoms with E-state index < -0.39 is 15.9 Å². The number of hydrogen-bond donors (Lipinski definition) is 1. The maximum Gasteiger partial charge on any atom is 0.255 e. The van der Waals surface area contributed by atoms with Gasteiger partial charge in [-0.25, -0.2) is 13.8 Å². The van der Waals surface area contributed by atoms with Crippen molar-refractivity contribution in [2.24, 2.45) is 5.10 Å². The van der Waals surface area contributed by atoms with Crippen molar-refractivity contribution < 1.29 is 22.7 Å². The minimum Gasteiger partial charge on any atom is -0.493 e. The molecule has 1 saturated carbocycles. The van der Waals surface area contributed by atoms with Gasteiger partial charge in [0.2, 0.25) is 10.0 Å². The topological polar surface area (TPSA) is 97.3 Å². The SMILES string of the molecule is CCc1ccc(/C=N\NC(=O)CN(C2CCCCC2)S(=O)(=O)c2ccc(OC)c(OC)c2)cc1. The molecule has 2 aromatic rings. The third-order valence-corrected chi connectivity index (χ3v) is 7.93. The number of methoxy groups -OCH3 is 2. The molecule has 1 aliphatic rings. The largest absolute Gasteiger partial charge is 0.493 e. The Labute approximate surface area is 202 Å². The molecule has 1 amide bonds. The second-order valence-electron chi connectivity index (χ2n) is 8.25. The molecule has 0 atom stereocenters. The summed E-state index contributed by atoms with van der Waals surface area (Å²) < 4.78 is 39.0. The highest BCUT2D eigenvalue weighted by Gasteiger charge is 2.34. The number of carbonyl (C=O) groups is 1. The van der Waals surface area contributed by atoms with Crippen LogP contribution in [-0.4, -0.2) is 51.7 Å². The monoisotopic (exact) mass is 487 g/mol. The highest BCUT2D eigenvalue weighted by molar-refractivity contribution is 7.89. The van der Waals surface area contributed by atoms with Crippen molar-refractivity contribution in [2.75, 3.05) is 20.8 Å². The molecule has 0 bridgehead atoms. The summed E-state index contributed by atoms with van der Waals surface area (Å²) in [5.41, 5.74) is 4.53. The van der Waals surface area contributed by atoms with Crippen molar-refractivity contribution in [1.29, 1.82) is 0 Å². The summed E-state index contributed by atoms with van der Waals surface area (Å²) in [7, 11) is -1.01. The Balaban J connectivity index is 1.78. The highest BCUT2D eigenvalue weighted by Crippen LogP contribution is 2.33. The third-order valence-electron chi connectivity index (χ3n) is 6.03. The van der Waals surface area contributed by atoms with Gasteiger partial charge in [0, 0.05) is 12.1 Å². The Kier molecular flexibility index (Phi) is 9.06. The van der Waals surface area contributed by atoms with Crippen LogP contribution < -0.4 is 14.9 Å². The summed E-state index contributed by atoms with van der Waals surface area (Å²) >= 11 is 0. The van der Waals surface area contributed by atoms with Gasteiger partial charge in [-0.05, 0) is 42.5 Å². The number of amides is 1. The first-order chi connectivity index (χ1) is 16.4. The van der Waals surface area contributed by atoms with E-state index in [1.165, 1.54) is 36.2 Å². The fraction of sp³-hybridized carbons (Fsp3) is 0.440. The summed E-state index contributed by atoms with van der Waals surface area (Å²) in [6, 6.07) is 12.1. The summed E-state index contributed by atoms with van der Waals surface area (Å²) in [6.07, 6.45) is 6.84. The minimum absolute atomic E-state index is 0.0584. The molecule has 0 unspecified atom stereocenters. The Morgan fingerprint density at radius 3 is 2.35 bits per heavy atom. The zero-order valence-corrected chi connectivity index (χ0v) is 20.8. The Morgan fingerprint density at radius 2 is 1.74 bits per heavy atom. The van der Waals surface area contributed by atoms with Gasteiger partial charge in [0.25, 0.3) is 5.91 Å². The number of carbonyl (C=O) groups excluding carboxylic acids is 1. The van der Waals surface area contributed by atoms with Crippen molar-refractivity contribution in [3.05, 3.63) is 53.6 Å². The van der Waals surface area contributed by atoms with Gasteiger partial charge in [0.15, 0.2) is 11.5 Å². The lowest BCUT2D eigenvalue weighted by Gasteiger charge is -2.32. The molecular weight excluding hydrogens is 454 g/mol. The van der Waals surface area contributed by atoms with Crippen LogP contribution in [-0.2, 0) is 21.2 Å². The van der Waals surface area contributed by atoms with E-state index in [2.05, 4.69) is 17.5 Å². The van der Waals surface area contributed by atoms with E-state index in [0.29, 0.717) is 24.3 Å². The second kappa shape index (κ2) is 12.0. The predicted octanol–water partition coefficient (Wildman–Crippen LogP) is 3.74. The van der Waals surface area contributed by atoms with Gasteiger partial charge in [-0.2, -0.15) is 9.41 Å². The maximum atomic E-state index is 13.6. The first-order valence-electron chi connectivity index (χ1n) is 11.5. The molecule has 8 nitrogen and oxygen atoms in total. The van der Waals surface area contributed by atoms with E-state index in [1.807, 2.05) is 24.3 Å². The van der Waals surface area contributed by atoms with Crippen molar-refractivity contribution in [2.45, 2.75) is 56.4 Å². The first-order valence-corrected chi connectivity index (χ1v) is 13.0. The maximum absolute atomic E-state index is 13.6. The molecule has 0 radical (unpaired) electrons. The van der Waals surface area contributed by atoms with Crippen molar-refractivity contribution in [1.82, 2.24) is 9.73 Å². The van der Waals surface area contributed by atoms with Crippen molar-refractivity contribution in [3.63, 3.8) is 0 Å². The summed E-state index contributed by atoms with van der Waals surface area (Å²) in [4.78, 5) is 12.8.